The molecule has 0 bridgehead atoms. The van der Waals surface area contributed by atoms with Gasteiger partial charge in [0.25, 0.3) is 0 Å². The molecule has 112 valence electrons. The number of hydrogen-bond donors (Lipinski definition) is 1. The van der Waals surface area contributed by atoms with Gasteiger partial charge in [-0.1, -0.05) is 11.6 Å². The normalized spacial score (nSPS) is 10.3. The number of benzene rings is 2. The van der Waals surface area contributed by atoms with Gasteiger partial charge in [0.05, 0.1) is 18.7 Å². The minimum absolute atomic E-state index is 0.353. The van der Waals surface area contributed by atoms with Gasteiger partial charge in [0.15, 0.2) is 11.5 Å². The molecule has 0 fully saturated rings. The van der Waals surface area contributed by atoms with Crippen LogP contribution in [0.3, 0.4) is 0 Å². The van der Waals surface area contributed by atoms with Crippen LogP contribution in [0.25, 0.3) is 0 Å². The minimum Gasteiger partial charge on any atom is -0.493 e. The maximum absolute atomic E-state index is 13.3. The highest BCUT2D eigenvalue weighted by Crippen LogP contribution is 2.36. The first kappa shape index (κ1) is 15.9. The van der Waals surface area contributed by atoms with Crippen molar-refractivity contribution in [2.24, 2.45) is 0 Å². The van der Waals surface area contributed by atoms with E-state index in [1.807, 2.05) is 12.1 Å². The Morgan fingerprint density at radius 3 is 2.52 bits per heavy atom. The van der Waals surface area contributed by atoms with Gasteiger partial charge >= 0.3 is 0 Å². The average Bonchev–Trinajstić information content (AvgIpc) is 2.43. The fourth-order valence-corrected chi connectivity index (χ4v) is 2.81. The first-order valence-corrected chi connectivity index (χ1v) is 7.31. The van der Waals surface area contributed by atoms with Gasteiger partial charge in [0.1, 0.15) is 5.82 Å². The van der Waals surface area contributed by atoms with Gasteiger partial charge in [-0.25, -0.2) is 4.39 Å². The van der Waals surface area contributed by atoms with Crippen molar-refractivity contribution in [2.75, 3.05) is 19.5 Å². The van der Waals surface area contributed by atoms with Crippen LogP contribution in [0.4, 0.5) is 10.1 Å². The third kappa shape index (κ3) is 4.02. The molecule has 2 aromatic carbocycles. The molecule has 0 aliphatic rings. The Balaban J connectivity index is 2.18. The van der Waals surface area contributed by atoms with Crippen molar-refractivity contribution in [3.05, 3.63) is 51.2 Å². The molecule has 0 heterocycles. The molecule has 0 saturated carbocycles. The summed E-state index contributed by atoms with van der Waals surface area (Å²) in [5.41, 5.74) is 1.57. The Hall–Kier alpha value is -1.46. The highest BCUT2D eigenvalue weighted by atomic mass is 79.9. The second-order valence-electron chi connectivity index (χ2n) is 4.32. The largest absolute Gasteiger partial charge is 0.493 e. The van der Waals surface area contributed by atoms with Crippen LogP contribution >= 0.6 is 27.5 Å². The molecule has 2 aromatic rings. The lowest BCUT2D eigenvalue weighted by Crippen LogP contribution is -2.01. The van der Waals surface area contributed by atoms with Crippen LogP contribution in [-0.4, -0.2) is 14.2 Å². The SMILES string of the molecule is COc1cc(CNc2cc(F)cc(Cl)c2)cc(Br)c1OC. The fourth-order valence-electron chi connectivity index (χ4n) is 1.93. The summed E-state index contributed by atoms with van der Waals surface area (Å²) in [6, 6.07) is 8.09. The Labute approximate surface area is 136 Å². The van der Waals surface area contributed by atoms with Gasteiger partial charge in [0.2, 0.25) is 0 Å². The Morgan fingerprint density at radius 1 is 1.14 bits per heavy atom. The van der Waals surface area contributed by atoms with E-state index in [1.54, 1.807) is 20.3 Å². The first-order valence-electron chi connectivity index (χ1n) is 6.14. The first-order chi connectivity index (χ1) is 10.0. The standard InChI is InChI=1S/C15H14BrClFNO2/c1-20-14-4-9(3-13(16)15(14)21-2)8-19-12-6-10(17)5-11(18)7-12/h3-7,19H,8H2,1-2H3. The minimum atomic E-state index is -0.376. The van der Waals surface area contributed by atoms with Crippen LogP contribution in [0, 0.1) is 5.82 Å². The van der Waals surface area contributed by atoms with Crippen molar-refractivity contribution in [3.63, 3.8) is 0 Å². The molecule has 0 saturated heterocycles. The molecule has 1 N–H and O–H groups in total. The zero-order valence-corrected chi connectivity index (χ0v) is 13.9. The predicted octanol–water partition coefficient (Wildman–Crippen LogP) is 4.87. The van der Waals surface area contributed by atoms with E-state index in [1.165, 1.54) is 12.1 Å². The zero-order chi connectivity index (χ0) is 15.4. The molecule has 0 aliphatic heterocycles. The molecule has 0 aromatic heterocycles. The molecular weight excluding hydrogens is 361 g/mol. The van der Waals surface area contributed by atoms with Gasteiger partial charge in [-0.15, -0.1) is 0 Å². The van der Waals surface area contributed by atoms with Crippen LogP contribution in [0.5, 0.6) is 11.5 Å². The molecule has 0 unspecified atom stereocenters. The quantitative estimate of drug-likeness (QED) is 0.810. The van der Waals surface area contributed by atoms with E-state index in [0.29, 0.717) is 28.8 Å². The molecule has 3 nitrogen and oxygen atoms in total. The van der Waals surface area contributed by atoms with Crippen molar-refractivity contribution in [1.29, 1.82) is 0 Å². The number of ether oxygens (including phenoxy) is 2. The van der Waals surface area contributed by atoms with Crippen LogP contribution < -0.4 is 14.8 Å². The summed E-state index contributed by atoms with van der Waals surface area (Å²) in [6.45, 7) is 0.499. The van der Waals surface area contributed by atoms with Gasteiger partial charge < -0.3 is 14.8 Å². The predicted molar refractivity (Wildman–Crippen MR) is 86.0 cm³/mol. The molecule has 0 aliphatic carbocycles. The van der Waals surface area contributed by atoms with Crippen LogP contribution in [0.1, 0.15) is 5.56 Å². The number of methoxy groups -OCH3 is 2. The second-order valence-corrected chi connectivity index (χ2v) is 5.62. The smallest absolute Gasteiger partial charge is 0.174 e. The van der Waals surface area contributed by atoms with Gasteiger partial charge in [-0.2, -0.15) is 0 Å². The number of anilines is 1. The van der Waals surface area contributed by atoms with Crippen molar-refractivity contribution < 1.29 is 13.9 Å². The van der Waals surface area contributed by atoms with Crippen molar-refractivity contribution in [3.8, 4) is 11.5 Å². The molecule has 21 heavy (non-hydrogen) atoms. The highest BCUT2D eigenvalue weighted by Gasteiger charge is 2.10. The zero-order valence-electron chi connectivity index (χ0n) is 11.5. The summed E-state index contributed by atoms with van der Waals surface area (Å²) in [6.07, 6.45) is 0. The lowest BCUT2D eigenvalue weighted by molar-refractivity contribution is 0.352. The van der Waals surface area contributed by atoms with E-state index in [2.05, 4.69) is 21.2 Å². The summed E-state index contributed by atoms with van der Waals surface area (Å²) in [5, 5.41) is 3.47. The third-order valence-electron chi connectivity index (χ3n) is 2.85. The van der Waals surface area contributed by atoms with Crippen molar-refractivity contribution in [1.82, 2.24) is 0 Å². The molecule has 0 spiro atoms. The van der Waals surface area contributed by atoms with E-state index < -0.39 is 0 Å². The number of halogens is 3. The number of hydrogen-bond acceptors (Lipinski definition) is 3. The second kappa shape index (κ2) is 7.00. The summed E-state index contributed by atoms with van der Waals surface area (Å²) >= 11 is 9.25. The van der Waals surface area contributed by atoms with E-state index >= 15 is 0 Å². The molecule has 0 radical (unpaired) electrons. The van der Waals surface area contributed by atoms with Crippen molar-refractivity contribution >= 4 is 33.2 Å². The third-order valence-corrected chi connectivity index (χ3v) is 3.66. The van der Waals surface area contributed by atoms with E-state index in [0.717, 1.165) is 10.0 Å². The number of nitrogens with one attached hydrogen (secondary N) is 1. The van der Waals surface area contributed by atoms with Crippen LogP contribution in [-0.2, 0) is 6.54 Å². The summed E-state index contributed by atoms with van der Waals surface area (Å²) in [7, 11) is 3.16. The van der Waals surface area contributed by atoms with Gasteiger partial charge in [-0.3, -0.25) is 0 Å². The highest BCUT2D eigenvalue weighted by molar-refractivity contribution is 9.10. The molecule has 0 atom stereocenters. The van der Waals surface area contributed by atoms with E-state index in [9.17, 15) is 4.39 Å². The Morgan fingerprint density at radius 2 is 1.90 bits per heavy atom. The lowest BCUT2D eigenvalue weighted by Gasteiger charge is -2.13. The topological polar surface area (TPSA) is 30.5 Å². The van der Waals surface area contributed by atoms with Crippen LogP contribution in [0.2, 0.25) is 5.02 Å². The molecule has 0 amide bonds. The van der Waals surface area contributed by atoms with E-state index in [4.69, 9.17) is 21.1 Å². The van der Waals surface area contributed by atoms with E-state index in [-0.39, 0.29) is 5.82 Å². The van der Waals surface area contributed by atoms with Gasteiger partial charge in [-0.05, 0) is 51.8 Å². The monoisotopic (exact) mass is 373 g/mol. The molecular formula is C15H14BrClFNO2. The average molecular weight is 375 g/mol. The Bertz CT molecular complexity index is 632. The summed E-state index contributed by atoms with van der Waals surface area (Å²) in [4.78, 5) is 0. The molecule has 2 rings (SSSR count). The van der Waals surface area contributed by atoms with Gasteiger partial charge in [0, 0.05) is 17.3 Å². The fraction of sp³-hybridized carbons (Fsp3) is 0.200. The maximum Gasteiger partial charge on any atom is 0.174 e. The maximum atomic E-state index is 13.3. The summed E-state index contributed by atoms with van der Waals surface area (Å²) in [5.74, 6) is 0.884. The summed E-state index contributed by atoms with van der Waals surface area (Å²) < 4.78 is 24.6. The van der Waals surface area contributed by atoms with Crippen LogP contribution in [0.15, 0.2) is 34.8 Å². The number of rotatable bonds is 5. The Kier molecular flexibility index (Phi) is 5.31. The lowest BCUT2D eigenvalue weighted by atomic mass is 10.2. The van der Waals surface area contributed by atoms with Crippen molar-refractivity contribution in [2.45, 2.75) is 6.54 Å². The molecule has 6 heteroatoms.